The highest BCUT2D eigenvalue weighted by Crippen LogP contribution is 2.07. The lowest BCUT2D eigenvalue weighted by Gasteiger charge is -2.17. The Morgan fingerprint density at radius 1 is 1.26 bits per heavy atom. The first-order chi connectivity index (χ1) is 9.17. The van der Waals surface area contributed by atoms with Crippen LogP contribution >= 0.6 is 0 Å². The molecule has 0 aliphatic rings. The monoisotopic (exact) mass is 264 g/mol. The van der Waals surface area contributed by atoms with Crippen LogP contribution in [0.2, 0.25) is 0 Å². The summed E-state index contributed by atoms with van der Waals surface area (Å²) in [5, 5.41) is 2.77. The molecule has 0 heterocycles. The molecular formula is C15H24N2O2. The minimum Gasteiger partial charge on any atom is -0.445 e. The molecule has 0 aromatic heterocycles. The second-order valence-corrected chi connectivity index (χ2v) is 4.46. The second-order valence-electron chi connectivity index (χ2n) is 4.46. The quantitative estimate of drug-likeness (QED) is 0.823. The van der Waals surface area contributed by atoms with Gasteiger partial charge in [0.1, 0.15) is 6.61 Å². The molecule has 1 N–H and O–H groups in total. The Bertz CT molecular complexity index is 389. The number of hydrogen-bond donors (Lipinski definition) is 1. The molecule has 0 radical (unpaired) electrons. The van der Waals surface area contributed by atoms with Crippen molar-refractivity contribution in [1.29, 1.82) is 0 Å². The van der Waals surface area contributed by atoms with Gasteiger partial charge in [-0.25, -0.2) is 4.79 Å². The number of benzene rings is 1. The third-order valence-corrected chi connectivity index (χ3v) is 3.21. The average Bonchev–Trinajstić information content (AvgIpc) is 2.43. The van der Waals surface area contributed by atoms with Gasteiger partial charge in [-0.1, -0.05) is 38.1 Å². The summed E-state index contributed by atoms with van der Waals surface area (Å²) < 4.78 is 5.19. The van der Waals surface area contributed by atoms with E-state index in [9.17, 15) is 4.79 Å². The number of rotatable bonds is 7. The Morgan fingerprint density at radius 2 is 1.95 bits per heavy atom. The highest BCUT2D eigenvalue weighted by atomic mass is 16.5. The molecule has 19 heavy (non-hydrogen) atoms. The molecule has 0 atom stereocenters. The molecule has 0 bridgehead atoms. The number of alkyl carbamates (subject to hydrolysis) is 1. The smallest absolute Gasteiger partial charge is 0.407 e. The van der Waals surface area contributed by atoms with Gasteiger partial charge in [-0.2, -0.15) is 0 Å². The van der Waals surface area contributed by atoms with Crippen LogP contribution in [-0.4, -0.2) is 37.2 Å². The van der Waals surface area contributed by atoms with E-state index in [1.807, 2.05) is 31.2 Å². The second kappa shape index (κ2) is 8.53. The van der Waals surface area contributed by atoms with Crippen molar-refractivity contribution in [3.63, 3.8) is 0 Å². The van der Waals surface area contributed by atoms with Crippen molar-refractivity contribution in [2.24, 2.45) is 0 Å². The summed E-state index contributed by atoms with van der Waals surface area (Å²) in [5.74, 6) is 0. The summed E-state index contributed by atoms with van der Waals surface area (Å²) in [6, 6.07) is 7.91. The highest BCUT2D eigenvalue weighted by Gasteiger charge is 2.05. The zero-order chi connectivity index (χ0) is 14.1. The standard InChI is InChI=1S/C15H24N2O2/c1-4-17(5-2)11-10-16-15(18)19-12-14-9-7-6-8-13(14)3/h6-9H,4-5,10-12H2,1-3H3,(H,16,18). The van der Waals surface area contributed by atoms with Crippen LogP contribution < -0.4 is 5.32 Å². The number of amides is 1. The first kappa shape index (κ1) is 15.5. The maximum atomic E-state index is 11.5. The van der Waals surface area contributed by atoms with Crippen LogP contribution in [0.15, 0.2) is 24.3 Å². The fourth-order valence-corrected chi connectivity index (χ4v) is 1.82. The van der Waals surface area contributed by atoms with Gasteiger partial charge in [0.2, 0.25) is 0 Å². The van der Waals surface area contributed by atoms with Crippen LogP contribution in [0.3, 0.4) is 0 Å². The Kier molecular flexibility index (Phi) is 6.97. The van der Waals surface area contributed by atoms with E-state index in [4.69, 9.17) is 4.74 Å². The van der Waals surface area contributed by atoms with Crippen LogP contribution in [0.5, 0.6) is 0 Å². The van der Waals surface area contributed by atoms with Gasteiger partial charge in [-0.15, -0.1) is 0 Å². The zero-order valence-corrected chi connectivity index (χ0v) is 12.1. The zero-order valence-electron chi connectivity index (χ0n) is 12.1. The largest absolute Gasteiger partial charge is 0.445 e. The topological polar surface area (TPSA) is 41.6 Å². The lowest BCUT2D eigenvalue weighted by molar-refractivity contribution is 0.138. The minimum absolute atomic E-state index is 0.323. The molecule has 106 valence electrons. The third kappa shape index (κ3) is 5.75. The van der Waals surface area contributed by atoms with Crippen molar-refractivity contribution >= 4 is 6.09 Å². The lowest BCUT2D eigenvalue weighted by atomic mass is 10.1. The minimum atomic E-state index is -0.351. The van der Waals surface area contributed by atoms with Crippen LogP contribution in [0.4, 0.5) is 4.79 Å². The molecule has 1 amide bonds. The van der Waals surface area contributed by atoms with E-state index < -0.39 is 0 Å². The molecule has 1 aromatic carbocycles. The van der Waals surface area contributed by atoms with Gasteiger partial charge < -0.3 is 15.0 Å². The van der Waals surface area contributed by atoms with Gasteiger partial charge in [-0.05, 0) is 31.1 Å². The number of aryl methyl sites for hydroxylation is 1. The molecule has 0 fully saturated rings. The fourth-order valence-electron chi connectivity index (χ4n) is 1.82. The molecule has 0 saturated heterocycles. The normalized spacial score (nSPS) is 10.5. The van der Waals surface area contributed by atoms with E-state index in [1.165, 1.54) is 0 Å². The van der Waals surface area contributed by atoms with Crippen LogP contribution in [-0.2, 0) is 11.3 Å². The van der Waals surface area contributed by atoms with E-state index in [0.717, 1.165) is 30.8 Å². The van der Waals surface area contributed by atoms with Crippen molar-refractivity contribution in [3.05, 3.63) is 35.4 Å². The van der Waals surface area contributed by atoms with E-state index in [0.29, 0.717) is 13.2 Å². The van der Waals surface area contributed by atoms with Crippen molar-refractivity contribution in [2.45, 2.75) is 27.4 Å². The number of hydrogen-bond acceptors (Lipinski definition) is 3. The number of carbonyl (C=O) groups is 1. The van der Waals surface area contributed by atoms with Crippen molar-refractivity contribution in [1.82, 2.24) is 10.2 Å². The summed E-state index contributed by atoms with van der Waals surface area (Å²) in [7, 11) is 0. The van der Waals surface area contributed by atoms with E-state index in [1.54, 1.807) is 0 Å². The first-order valence-electron chi connectivity index (χ1n) is 6.84. The molecule has 0 unspecified atom stereocenters. The Hall–Kier alpha value is -1.55. The van der Waals surface area contributed by atoms with E-state index >= 15 is 0 Å². The first-order valence-corrected chi connectivity index (χ1v) is 6.84. The van der Waals surface area contributed by atoms with Gasteiger partial charge in [0.15, 0.2) is 0 Å². The van der Waals surface area contributed by atoms with E-state index in [-0.39, 0.29) is 6.09 Å². The van der Waals surface area contributed by atoms with Gasteiger partial charge in [-0.3, -0.25) is 0 Å². The van der Waals surface area contributed by atoms with E-state index in [2.05, 4.69) is 24.1 Å². The molecular weight excluding hydrogens is 240 g/mol. The van der Waals surface area contributed by atoms with Gasteiger partial charge >= 0.3 is 6.09 Å². The van der Waals surface area contributed by atoms with Gasteiger partial charge in [0, 0.05) is 13.1 Å². The number of carbonyl (C=O) groups excluding carboxylic acids is 1. The molecule has 0 aliphatic carbocycles. The van der Waals surface area contributed by atoms with Crippen LogP contribution in [0.1, 0.15) is 25.0 Å². The third-order valence-electron chi connectivity index (χ3n) is 3.21. The number of nitrogens with zero attached hydrogens (tertiary/aromatic N) is 1. The molecule has 0 saturated carbocycles. The highest BCUT2D eigenvalue weighted by molar-refractivity contribution is 5.67. The lowest BCUT2D eigenvalue weighted by Crippen LogP contribution is -2.35. The fraction of sp³-hybridized carbons (Fsp3) is 0.533. The van der Waals surface area contributed by atoms with Crippen molar-refractivity contribution in [2.75, 3.05) is 26.2 Å². The summed E-state index contributed by atoms with van der Waals surface area (Å²) in [6.07, 6.45) is -0.351. The molecule has 0 aliphatic heterocycles. The summed E-state index contributed by atoms with van der Waals surface area (Å²) in [6.45, 7) is 10.0. The molecule has 0 spiro atoms. The SMILES string of the molecule is CCN(CC)CCNC(=O)OCc1ccccc1C. The number of likely N-dealkylation sites (N-methyl/N-ethyl adjacent to an activating group) is 1. The predicted molar refractivity (Wildman–Crippen MR) is 77.2 cm³/mol. The Labute approximate surface area is 115 Å². The van der Waals surface area contributed by atoms with Crippen molar-refractivity contribution < 1.29 is 9.53 Å². The molecule has 4 nitrogen and oxygen atoms in total. The summed E-state index contributed by atoms with van der Waals surface area (Å²) >= 11 is 0. The summed E-state index contributed by atoms with van der Waals surface area (Å²) in [5.41, 5.74) is 2.18. The molecule has 1 aromatic rings. The summed E-state index contributed by atoms with van der Waals surface area (Å²) in [4.78, 5) is 13.8. The van der Waals surface area contributed by atoms with Gasteiger partial charge in [0.25, 0.3) is 0 Å². The predicted octanol–water partition coefficient (Wildman–Crippen LogP) is 2.56. The Morgan fingerprint density at radius 3 is 2.58 bits per heavy atom. The number of ether oxygens (including phenoxy) is 1. The molecule has 1 rings (SSSR count). The van der Waals surface area contributed by atoms with Crippen molar-refractivity contribution in [3.8, 4) is 0 Å². The van der Waals surface area contributed by atoms with Crippen LogP contribution in [0, 0.1) is 6.92 Å². The number of nitrogens with one attached hydrogen (secondary N) is 1. The molecule has 4 heteroatoms. The van der Waals surface area contributed by atoms with Gasteiger partial charge in [0.05, 0.1) is 0 Å². The van der Waals surface area contributed by atoms with Crippen LogP contribution in [0.25, 0.3) is 0 Å². The average molecular weight is 264 g/mol. The Balaban J connectivity index is 2.23. The maximum Gasteiger partial charge on any atom is 0.407 e. The maximum absolute atomic E-state index is 11.5.